The lowest BCUT2D eigenvalue weighted by atomic mass is 9.40. The van der Waals surface area contributed by atoms with Gasteiger partial charge in [0.1, 0.15) is 0 Å². The summed E-state index contributed by atoms with van der Waals surface area (Å²) >= 11 is 0. The van der Waals surface area contributed by atoms with E-state index in [1.165, 1.54) is 44.9 Å². The van der Waals surface area contributed by atoms with Crippen molar-refractivity contribution in [2.45, 2.75) is 77.2 Å². The highest BCUT2D eigenvalue weighted by Gasteiger charge is 2.70. The molecule has 1 heterocycles. The molecule has 3 nitrogen and oxygen atoms in total. The first kappa shape index (κ1) is 14.7. The first-order valence-corrected chi connectivity index (χ1v) is 9.72. The largest absolute Gasteiger partial charge is 0.465 e. The molecule has 0 radical (unpaired) electrons. The minimum Gasteiger partial charge on any atom is -0.465 e. The van der Waals surface area contributed by atoms with Crippen molar-refractivity contribution >= 4 is 5.97 Å². The molecule has 3 heteroatoms. The third kappa shape index (κ3) is 1.59. The van der Waals surface area contributed by atoms with Crippen LogP contribution in [0.15, 0.2) is 0 Å². The third-order valence-corrected chi connectivity index (χ3v) is 9.15. The molecule has 23 heavy (non-hydrogen) atoms. The molecule has 5 rings (SSSR count). The molecule has 1 aliphatic heterocycles. The summed E-state index contributed by atoms with van der Waals surface area (Å²) in [6, 6.07) is 0. The lowest BCUT2D eigenvalue weighted by Gasteiger charge is -2.66. The molecule has 1 saturated heterocycles. The van der Waals surface area contributed by atoms with Crippen molar-refractivity contribution in [3.63, 3.8) is 0 Å². The number of aliphatic hydroxyl groups is 1. The first-order valence-electron chi connectivity index (χ1n) is 9.72. The van der Waals surface area contributed by atoms with Crippen molar-refractivity contribution in [3.05, 3.63) is 0 Å². The van der Waals surface area contributed by atoms with Crippen molar-refractivity contribution in [1.29, 1.82) is 0 Å². The van der Waals surface area contributed by atoms with Gasteiger partial charge in [-0.05, 0) is 88.4 Å². The van der Waals surface area contributed by atoms with Crippen LogP contribution in [0.2, 0.25) is 0 Å². The van der Waals surface area contributed by atoms with Gasteiger partial charge in [-0.1, -0.05) is 6.42 Å². The van der Waals surface area contributed by atoms with Crippen molar-refractivity contribution in [3.8, 4) is 0 Å². The van der Waals surface area contributed by atoms with E-state index in [9.17, 15) is 9.90 Å². The predicted octanol–water partition coefficient (Wildman–Crippen LogP) is 3.69. The predicted molar refractivity (Wildman–Crippen MR) is 86.6 cm³/mol. The highest BCUT2D eigenvalue weighted by Crippen LogP contribution is 2.74. The van der Waals surface area contributed by atoms with Gasteiger partial charge in [-0.15, -0.1) is 0 Å². The Balaban J connectivity index is 1.60. The van der Waals surface area contributed by atoms with E-state index < -0.39 is 5.60 Å². The number of hydrogen-bond acceptors (Lipinski definition) is 3. The van der Waals surface area contributed by atoms with E-state index in [1.54, 1.807) is 0 Å². The highest BCUT2D eigenvalue weighted by atomic mass is 16.5. The summed E-state index contributed by atoms with van der Waals surface area (Å²) in [5.41, 5.74) is -0.174. The average Bonchev–Trinajstić information content (AvgIpc) is 2.68. The Morgan fingerprint density at radius 2 is 1.91 bits per heavy atom. The zero-order chi connectivity index (χ0) is 16.1. The molecule has 5 aliphatic rings. The Morgan fingerprint density at radius 1 is 1.09 bits per heavy atom. The quantitative estimate of drug-likeness (QED) is 0.693. The summed E-state index contributed by atoms with van der Waals surface area (Å²) in [7, 11) is 0. The normalized spacial score (nSPS) is 60.7. The summed E-state index contributed by atoms with van der Waals surface area (Å²) in [6.45, 7) is 4.91. The molecule has 4 saturated carbocycles. The highest BCUT2D eigenvalue weighted by molar-refractivity contribution is 5.78. The second-order valence-electron chi connectivity index (χ2n) is 10.1. The zero-order valence-corrected chi connectivity index (χ0v) is 14.6. The Hall–Kier alpha value is -0.570. The van der Waals surface area contributed by atoms with E-state index in [2.05, 4.69) is 13.8 Å². The number of hydrogen-bond donors (Lipinski definition) is 1. The van der Waals surface area contributed by atoms with Crippen LogP contribution >= 0.6 is 0 Å². The molecule has 0 aromatic heterocycles. The number of ether oxygens (including phenoxy) is 1. The third-order valence-electron chi connectivity index (χ3n) is 9.15. The summed E-state index contributed by atoms with van der Waals surface area (Å²) in [5.74, 6) is 1.74. The molecule has 0 aromatic rings. The van der Waals surface area contributed by atoms with Crippen LogP contribution in [0.25, 0.3) is 0 Å². The van der Waals surface area contributed by atoms with E-state index in [4.69, 9.17) is 4.74 Å². The summed E-state index contributed by atoms with van der Waals surface area (Å²) in [6.07, 6.45) is 10.4. The lowest BCUT2D eigenvalue weighted by molar-refractivity contribution is -0.233. The SMILES string of the molecule is C[C@]1(O)C[C@]23CC[C@@H]4[C@]5(CCC[C@]4(C)C(=O)OC5)[C@H]2CC[C@@H]1C3. The monoisotopic (exact) mass is 318 g/mol. The molecule has 128 valence electrons. The summed E-state index contributed by atoms with van der Waals surface area (Å²) in [4.78, 5) is 12.5. The molecular formula is C20H30O3. The fraction of sp³-hybridized carbons (Fsp3) is 0.950. The minimum atomic E-state index is -0.471. The minimum absolute atomic E-state index is 0.0703. The standard InChI is InChI=1S/C20H30O3/c1-17-7-3-8-20(12-23-16(17)21)14(17)6-9-19-10-13(4-5-15(19)20)18(2,22)11-19/h13-15,22H,3-12H2,1-2H3/t13-,14+,15+,17+,18+,19-,20-/m1/s1. The number of fused-ring (bicyclic) bond motifs is 1. The number of carbonyl (C=O) groups excluding carboxylic acids is 1. The second kappa shape index (κ2) is 4.15. The zero-order valence-electron chi connectivity index (χ0n) is 14.6. The van der Waals surface area contributed by atoms with Gasteiger partial charge in [0.2, 0.25) is 0 Å². The van der Waals surface area contributed by atoms with Crippen molar-refractivity contribution in [2.75, 3.05) is 6.61 Å². The molecule has 0 aromatic carbocycles. The Morgan fingerprint density at radius 3 is 2.74 bits per heavy atom. The smallest absolute Gasteiger partial charge is 0.312 e. The molecule has 1 N–H and O–H groups in total. The maximum Gasteiger partial charge on any atom is 0.312 e. The molecule has 4 bridgehead atoms. The van der Waals surface area contributed by atoms with Gasteiger partial charge in [0.05, 0.1) is 17.6 Å². The van der Waals surface area contributed by atoms with Gasteiger partial charge in [0, 0.05) is 5.41 Å². The maximum absolute atomic E-state index is 12.5. The van der Waals surface area contributed by atoms with Gasteiger partial charge in [-0.25, -0.2) is 0 Å². The number of rotatable bonds is 0. The van der Waals surface area contributed by atoms with E-state index in [1.807, 2.05) is 0 Å². The Kier molecular flexibility index (Phi) is 2.66. The number of esters is 1. The number of carbonyl (C=O) groups is 1. The van der Waals surface area contributed by atoms with Crippen molar-refractivity contribution in [2.24, 2.45) is 34.0 Å². The van der Waals surface area contributed by atoms with Crippen molar-refractivity contribution in [1.82, 2.24) is 0 Å². The van der Waals surface area contributed by atoms with E-state index in [-0.39, 0.29) is 16.8 Å². The van der Waals surface area contributed by atoms with Crippen molar-refractivity contribution < 1.29 is 14.6 Å². The first-order chi connectivity index (χ1) is 10.8. The molecule has 4 aliphatic carbocycles. The average molecular weight is 318 g/mol. The van der Waals surface area contributed by atoms with Gasteiger partial charge in [0.25, 0.3) is 0 Å². The molecular weight excluding hydrogens is 288 g/mol. The molecule has 1 spiro atoms. The number of cyclic esters (lactones) is 1. The van der Waals surface area contributed by atoms with Crippen LogP contribution in [0.4, 0.5) is 0 Å². The van der Waals surface area contributed by atoms with Crippen LogP contribution in [0, 0.1) is 34.0 Å². The maximum atomic E-state index is 12.5. The second-order valence-corrected chi connectivity index (χ2v) is 10.1. The van der Waals surface area contributed by atoms with Gasteiger partial charge in [-0.2, -0.15) is 0 Å². The van der Waals surface area contributed by atoms with Crippen LogP contribution in [0.5, 0.6) is 0 Å². The van der Waals surface area contributed by atoms with Crippen LogP contribution in [-0.2, 0) is 9.53 Å². The fourth-order valence-corrected chi connectivity index (χ4v) is 8.36. The molecule has 7 atom stereocenters. The molecule has 0 unspecified atom stereocenters. The van der Waals surface area contributed by atoms with Gasteiger partial charge < -0.3 is 9.84 Å². The van der Waals surface area contributed by atoms with Crippen LogP contribution < -0.4 is 0 Å². The molecule has 5 fully saturated rings. The topological polar surface area (TPSA) is 46.5 Å². The Bertz CT molecular complexity index is 569. The van der Waals surface area contributed by atoms with Gasteiger partial charge in [-0.3, -0.25) is 4.79 Å². The van der Waals surface area contributed by atoms with Gasteiger partial charge >= 0.3 is 5.97 Å². The van der Waals surface area contributed by atoms with E-state index in [0.29, 0.717) is 29.8 Å². The lowest BCUT2D eigenvalue weighted by Crippen LogP contribution is -2.64. The summed E-state index contributed by atoms with van der Waals surface area (Å²) < 4.78 is 5.81. The van der Waals surface area contributed by atoms with Crippen LogP contribution in [0.1, 0.15) is 71.6 Å². The Labute approximate surface area is 139 Å². The van der Waals surface area contributed by atoms with Crippen LogP contribution in [-0.4, -0.2) is 23.3 Å². The van der Waals surface area contributed by atoms with E-state index in [0.717, 1.165) is 12.8 Å². The van der Waals surface area contributed by atoms with Crippen LogP contribution in [0.3, 0.4) is 0 Å². The fourth-order valence-electron chi connectivity index (χ4n) is 8.36. The molecule has 0 amide bonds. The summed E-state index contributed by atoms with van der Waals surface area (Å²) in [5, 5.41) is 10.9. The van der Waals surface area contributed by atoms with E-state index >= 15 is 0 Å². The van der Waals surface area contributed by atoms with Gasteiger partial charge in [0.15, 0.2) is 0 Å².